The molecule has 0 N–H and O–H groups in total. The maximum absolute atomic E-state index is 5.35. The van der Waals surface area contributed by atoms with Gasteiger partial charge in [0.1, 0.15) is 6.29 Å². The summed E-state index contributed by atoms with van der Waals surface area (Å²) in [6.45, 7) is 5.48. The summed E-state index contributed by atoms with van der Waals surface area (Å²) in [5.41, 5.74) is 0. The molecule has 1 rings (SSSR count). The fraction of sp³-hybridized carbons (Fsp3) is 0.875. The van der Waals surface area contributed by atoms with Crippen LogP contribution in [-0.4, -0.2) is 19.5 Å². The second kappa shape index (κ2) is 6.08. The van der Waals surface area contributed by atoms with E-state index >= 15 is 0 Å². The molecule has 0 bridgehead atoms. The van der Waals surface area contributed by atoms with Crippen LogP contribution in [0.15, 0.2) is 0 Å². The second-order valence-electron chi connectivity index (χ2n) is 2.41. The van der Waals surface area contributed by atoms with Crippen molar-refractivity contribution in [2.45, 2.75) is 26.6 Å². The number of hydrogen-bond donors (Lipinski definition) is 0. The van der Waals surface area contributed by atoms with Crippen molar-refractivity contribution in [2.75, 3.05) is 13.2 Å². The van der Waals surface area contributed by atoms with Crippen molar-refractivity contribution >= 4 is 0 Å². The van der Waals surface area contributed by atoms with Gasteiger partial charge in [-0.15, -0.1) is 5.92 Å². The molecule has 1 atom stereocenters. The molecule has 60 valence electrons. The van der Waals surface area contributed by atoms with E-state index in [0.29, 0.717) is 5.92 Å². The quantitative estimate of drug-likeness (QED) is 0.273. The molecule has 0 aromatic rings. The largest absolute Gasteiger partial charge is 1.00 e. The number of ether oxygens (including phenoxy) is 2. The average molecular weight is 150 g/mol. The van der Waals surface area contributed by atoms with E-state index in [9.17, 15) is 0 Å². The Morgan fingerprint density at radius 2 is 1.82 bits per heavy atom. The fourth-order valence-corrected chi connectivity index (χ4v) is 0.925. The van der Waals surface area contributed by atoms with Gasteiger partial charge in [0.25, 0.3) is 0 Å². The van der Waals surface area contributed by atoms with Crippen molar-refractivity contribution in [1.82, 2.24) is 0 Å². The van der Waals surface area contributed by atoms with Crippen LogP contribution in [0.25, 0.3) is 0 Å². The monoisotopic (exact) mass is 150 g/mol. The van der Waals surface area contributed by atoms with Crippen molar-refractivity contribution in [1.29, 1.82) is 0 Å². The molecule has 1 saturated carbocycles. The zero-order valence-corrected chi connectivity index (χ0v) is 7.67. The molecule has 1 aliphatic rings. The van der Waals surface area contributed by atoms with Crippen molar-refractivity contribution in [3.63, 3.8) is 0 Å². The molecule has 0 heterocycles. The zero-order valence-electron chi connectivity index (χ0n) is 7.67. The Labute approximate surface area is 80.8 Å². The molecule has 1 unspecified atom stereocenters. The minimum absolute atomic E-state index is 0. The fourth-order valence-electron chi connectivity index (χ4n) is 0.925. The minimum atomic E-state index is 0. The van der Waals surface area contributed by atoms with E-state index in [1.54, 1.807) is 0 Å². The molecule has 0 saturated heterocycles. The predicted molar refractivity (Wildman–Crippen MR) is 39.4 cm³/mol. The minimum Gasteiger partial charge on any atom is -0.356 e. The van der Waals surface area contributed by atoms with Crippen LogP contribution < -0.4 is 18.9 Å². The van der Waals surface area contributed by atoms with Gasteiger partial charge in [0, 0.05) is 13.2 Å². The Morgan fingerprint density at radius 3 is 2.09 bits per heavy atom. The maximum atomic E-state index is 5.35. The summed E-state index contributed by atoms with van der Waals surface area (Å²) in [5, 5.41) is 0. The first-order valence-electron chi connectivity index (χ1n) is 3.95. The molecule has 2 nitrogen and oxygen atoms in total. The summed E-state index contributed by atoms with van der Waals surface area (Å²) in [6, 6.07) is 0. The van der Waals surface area contributed by atoms with E-state index in [1.807, 2.05) is 13.8 Å². The van der Waals surface area contributed by atoms with Crippen LogP contribution in [0, 0.1) is 12.3 Å². The van der Waals surface area contributed by atoms with E-state index < -0.39 is 0 Å². The van der Waals surface area contributed by atoms with E-state index in [1.165, 1.54) is 0 Å². The third-order valence-corrected chi connectivity index (χ3v) is 1.52. The molecule has 0 spiro atoms. The van der Waals surface area contributed by atoms with Crippen molar-refractivity contribution in [2.24, 2.45) is 5.92 Å². The Balaban J connectivity index is 0.000001000. The third-order valence-electron chi connectivity index (χ3n) is 1.52. The van der Waals surface area contributed by atoms with Gasteiger partial charge in [-0.1, -0.05) is 0 Å². The topological polar surface area (TPSA) is 18.5 Å². The molecule has 1 fully saturated rings. The summed E-state index contributed by atoms with van der Waals surface area (Å²) in [4.78, 5) is 0. The smallest absolute Gasteiger partial charge is 0.356 e. The van der Waals surface area contributed by atoms with Crippen LogP contribution in [0.5, 0.6) is 0 Å². The summed E-state index contributed by atoms with van der Waals surface area (Å²) in [7, 11) is 0. The molecule has 11 heavy (non-hydrogen) atoms. The zero-order chi connectivity index (χ0) is 7.40. The van der Waals surface area contributed by atoms with Crippen molar-refractivity contribution < 1.29 is 28.3 Å². The van der Waals surface area contributed by atoms with Gasteiger partial charge in [-0.3, -0.25) is 0 Å². The van der Waals surface area contributed by atoms with E-state index in [-0.39, 0.29) is 25.2 Å². The predicted octanol–water partition coefficient (Wildman–Crippen LogP) is -1.39. The van der Waals surface area contributed by atoms with Gasteiger partial charge in [0.2, 0.25) is 0 Å². The molecule has 0 aromatic carbocycles. The Hall–Kier alpha value is 0.517. The first-order valence-corrected chi connectivity index (χ1v) is 3.95. The first kappa shape index (κ1) is 11.5. The van der Waals surface area contributed by atoms with E-state index in [2.05, 4.69) is 6.42 Å². The Bertz CT molecular complexity index is 88.1. The number of hydrogen-bond acceptors (Lipinski definition) is 2. The van der Waals surface area contributed by atoms with Crippen molar-refractivity contribution in [3.8, 4) is 0 Å². The van der Waals surface area contributed by atoms with E-state index in [0.717, 1.165) is 19.6 Å². The molecule has 0 radical (unpaired) electrons. The molecule has 3 heteroatoms. The van der Waals surface area contributed by atoms with Crippen molar-refractivity contribution in [3.05, 3.63) is 6.42 Å². The normalized spacial score (nSPS) is 21.5. The summed E-state index contributed by atoms with van der Waals surface area (Å²) < 4.78 is 10.7. The standard InChI is InChI=1S/C8H15O2.Li/c1-3-9-8(10-4-2)7-5-6-7;/h5,7-8H,3-4,6H2,1-2H3;/q-1;+1. The van der Waals surface area contributed by atoms with Gasteiger partial charge >= 0.3 is 18.9 Å². The summed E-state index contributed by atoms with van der Waals surface area (Å²) in [6.07, 6.45) is 3.41. The summed E-state index contributed by atoms with van der Waals surface area (Å²) in [5.74, 6) is 0.569. The molecule has 0 amide bonds. The van der Waals surface area contributed by atoms with Gasteiger partial charge in [-0.25, -0.2) is 0 Å². The van der Waals surface area contributed by atoms with Crippen LogP contribution in [-0.2, 0) is 9.47 Å². The second-order valence-corrected chi connectivity index (χ2v) is 2.41. The van der Waals surface area contributed by atoms with Crippen LogP contribution in [0.1, 0.15) is 20.3 Å². The van der Waals surface area contributed by atoms with Gasteiger partial charge < -0.3 is 15.9 Å². The number of rotatable bonds is 5. The summed E-state index contributed by atoms with van der Waals surface area (Å²) >= 11 is 0. The Morgan fingerprint density at radius 1 is 1.36 bits per heavy atom. The SMILES string of the molecule is CCOC(OCC)C1[CH-]C1.[Li+]. The van der Waals surface area contributed by atoms with Crippen LogP contribution in [0.4, 0.5) is 0 Å². The molecule has 1 aliphatic carbocycles. The van der Waals surface area contributed by atoms with Crippen LogP contribution >= 0.6 is 0 Å². The van der Waals surface area contributed by atoms with Crippen LogP contribution in [0.3, 0.4) is 0 Å². The maximum Gasteiger partial charge on any atom is 1.00 e. The van der Waals surface area contributed by atoms with Crippen LogP contribution in [0.2, 0.25) is 0 Å². The Kier molecular flexibility index (Phi) is 6.37. The average Bonchev–Trinajstić information content (AvgIpc) is 2.69. The first-order chi connectivity index (χ1) is 4.88. The molecular formula is C8H15LiO2. The molecule has 0 aromatic heterocycles. The van der Waals surface area contributed by atoms with E-state index in [4.69, 9.17) is 9.47 Å². The van der Waals surface area contributed by atoms with Gasteiger partial charge in [0.15, 0.2) is 0 Å². The third kappa shape index (κ3) is 4.18. The molecular weight excluding hydrogens is 135 g/mol. The van der Waals surface area contributed by atoms with Gasteiger partial charge in [0.05, 0.1) is 0 Å². The molecule has 0 aliphatic heterocycles. The van der Waals surface area contributed by atoms with Gasteiger partial charge in [-0.05, 0) is 13.8 Å². The van der Waals surface area contributed by atoms with Gasteiger partial charge in [-0.2, -0.15) is 6.42 Å².